The summed E-state index contributed by atoms with van der Waals surface area (Å²) in [6.45, 7) is 0.118. The first kappa shape index (κ1) is 35.1. The van der Waals surface area contributed by atoms with Gasteiger partial charge in [-0.15, -0.1) is 0 Å². The van der Waals surface area contributed by atoms with Gasteiger partial charge in [0.15, 0.2) is 11.5 Å². The van der Waals surface area contributed by atoms with Crippen LogP contribution in [0, 0.1) is 3.57 Å². The Bertz CT molecular complexity index is 1330. The van der Waals surface area contributed by atoms with Crippen molar-refractivity contribution in [3.8, 4) is 23.0 Å². The monoisotopic (exact) mass is 726 g/mol. The van der Waals surface area contributed by atoms with Gasteiger partial charge in [0.2, 0.25) is 11.8 Å². The number of benzene rings is 2. The zero-order chi connectivity index (χ0) is 32.2. The third-order valence-electron chi connectivity index (χ3n) is 7.21. The second kappa shape index (κ2) is 17.2. The Morgan fingerprint density at radius 2 is 1.84 bits per heavy atom. The molecule has 2 aromatic rings. The molecular formula is C31H39IN2O10. The smallest absolute Gasteiger partial charge is 0.247 e. The van der Waals surface area contributed by atoms with Gasteiger partial charge in [-0.2, -0.15) is 0 Å². The molecule has 0 heterocycles. The second-order valence-electron chi connectivity index (χ2n) is 9.93. The van der Waals surface area contributed by atoms with Crippen molar-refractivity contribution < 1.29 is 48.3 Å². The molecule has 3 atom stereocenters. The molecule has 2 aromatic carbocycles. The van der Waals surface area contributed by atoms with Crippen LogP contribution in [0.15, 0.2) is 42.0 Å². The average Bonchev–Trinajstić information content (AvgIpc) is 3.04. The summed E-state index contributed by atoms with van der Waals surface area (Å²) < 4.78 is 28.3. The van der Waals surface area contributed by atoms with Crippen molar-refractivity contribution in [2.24, 2.45) is 0 Å². The van der Waals surface area contributed by atoms with Gasteiger partial charge in [-0.1, -0.05) is 0 Å². The molecule has 3 N–H and O–H groups in total. The molecule has 3 unspecified atom stereocenters. The molecule has 0 aliphatic heterocycles. The molecule has 12 nitrogen and oxygen atoms in total. The maximum atomic E-state index is 13.6. The lowest BCUT2D eigenvalue weighted by molar-refractivity contribution is -0.139. The van der Waals surface area contributed by atoms with Gasteiger partial charge in [0.25, 0.3) is 0 Å². The summed E-state index contributed by atoms with van der Waals surface area (Å²) in [5.41, 5.74) is 1.45. The molecule has 0 bridgehead atoms. The van der Waals surface area contributed by atoms with E-state index in [-0.39, 0.29) is 62.1 Å². The zero-order valence-corrected chi connectivity index (χ0v) is 27.4. The third kappa shape index (κ3) is 8.83. The summed E-state index contributed by atoms with van der Waals surface area (Å²) in [5.74, 6) is 1.04. The number of halogens is 1. The van der Waals surface area contributed by atoms with Gasteiger partial charge in [-0.05, 0) is 71.0 Å². The molecule has 0 spiro atoms. The molecule has 0 aromatic heterocycles. The Balaban J connectivity index is 2.03. The van der Waals surface area contributed by atoms with Crippen LogP contribution >= 0.6 is 22.6 Å². The summed E-state index contributed by atoms with van der Waals surface area (Å²) in [7, 11) is 6.04. The Morgan fingerprint density at radius 3 is 2.48 bits per heavy atom. The van der Waals surface area contributed by atoms with Crippen LogP contribution in [0.5, 0.6) is 23.0 Å². The minimum atomic E-state index is -1.26. The van der Waals surface area contributed by atoms with Crippen LogP contribution in [0.3, 0.4) is 0 Å². The number of hydrogen-bond acceptors (Lipinski definition) is 10. The van der Waals surface area contributed by atoms with Crippen molar-refractivity contribution in [1.82, 2.24) is 10.2 Å². The predicted octanol–water partition coefficient (Wildman–Crippen LogP) is 2.15. The van der Waals surface area contributed by atoms with Crippen molar-refractivity contribution >= 4 is 40.7 Å². The van der Waals surface area contributed by atoms with E-state index in [0.717, 1.165) is 5.56 Å². The highest BCUT2D eigenvalue weighted by atomic mass is 127. The SMILES string of the molecule is COCCC(=O)N(CCc1cc(OC)ccc1OC)C1CC(C(=O)NCCO)=CC(Oc2c(I)cc(C=O)cc2OC)C1O. The number of rotatable bonds is 16. The number of amides is 2. The number of aldehydes is 1. The van der Waals surface area contributed by atoms with Gasteiger partial charge in [-0.3, -0.25) is 14.4 Å². The van der Waals surface area contributed by atoms with E-state index in [2.05, 4.69) is 5.32 Å². The number of nitrogens with zero attached hydrogens (tertiary/aromatic N) is 1. The van der Waals surface area contributed by atoms with E-state index in [1.54, 1.807) is 37.3 Å². The lowest BCUT2D eigenvalue weighted by atomic mass is 9.87. The Morgan fingerprint density at radius 1 is 1.09 bits per heavy atom. The molecule has 44 heavy (non-hydrogen) atoms. The van der Waals surface area contributed by atoms with E-state index in [1.165, 1.54) is 26.4 Å². The van der Waals surface area contributed by atoms with Crippen LogP contribution in [0.2, 0.25) is 0 Å². The first-order valence-corrected chi connectivity index (χ1v) is 15.1. The van der Waals surface area contributed by atoms with E-state index in [9.17, 15) is 24.6 Å². The van der Waals surface area contributed by atoms with Gasteiger partial charge in [-0.25, -0.2) is 0 Å². The van der Waals surface area contributed by atoms with Crippen molar-refractivity contribution in [3.05, 3.63) is 56.7 Å². The van der Waals surface area contributed by atoms with E-state index < -0.39 is 24.2 Å². The first-order chi connectivity index (χ1) is 21.2. The van der Waals surface area contributed by atoms with Gasteiger partial charge < -0.3 is 44.1 Å². The van der Waals surface area contributed by atoms with Gasteiger partial charge >= 0.3 is 0 Å². The van der Waals surface area contributed by atoms with Crippen molar-refractivity contribution in [1.29, 1.82) is 0 Å². The van der Waals surface area contributed by atoms with Crippen molar-refractivity contribution in [2.75, 3.05) is 54.7 Å². The highest BCUT2D eigenvalue weighted by Gasteiger charge is 2.41. The highest BCUT2D eigenvalue weighted by molar-refractivity contribution is 14.1. The number of hydrogen-bond donors (Lipinski definition) is 3. The summed E-state index contributed by atoms with van der Waals surface area (Å²) in [4.78, 5) is 39.7. The van der Waals surface area contributed by atoms with Crippen molar-refractivity contribution in [2.45, 2.75) is 37.5 Å². The Kier molecular flexibility index (Phi) is 13.7. The number of ether oxygens (including phenoxy) is 5. The van der Waals surface area contributed by atoms with Gasteiger partial charge in [0.1, 0.15) is 30.0 Å². The first-order valence-electron chi connectivity index (χ1n) is 14.0. The number of aliphatic hydroxyl groups is 2. The molecule has 0 saturated carbocycles. The van der Waals surface area contributed by atoms with Crippen LogP contribution in [0.4, 0.5) is 0 Å². The van der Waals surface area contributed by atoms with Crippen LogP contribution in [0.1, 0.15) is 28.8 Å². The van der Waals surface area contributed by atoms with Crippen molar-refractivity contribution in [3.63, 3.8) is 0 Å². The molecule has 1 aliphatic rings. The number of carbonyl (C=O) groups is 3. The molecule has 0 saturated heterocycles. The van der Waals surface area contributed by atoms with Crippen LogP contribution in [-0.2, 0) is 20.7 Å². The molecular weight excluding hydrogens is 687 g/mol. The Hall–Kier alpha value is -3.40. The zero-order valence-electron chi connectivity index (χ0n) is 25.2. The maximum absolute atomic E-state index is 13.6. The molecule has 2 amide bonds. The normalized spacial score (nSPS) is 17.7. The number of nitrogens with one attached hydrogen (secondary N) is 1. The molecule has 1 aliphatic carbocycles. The Labute approximate surface area is 270 Å². The van der Waals surface area contributed by atoms with Gasteiger partial charge in [0.05, 0.1) is 50.6 Å². The van der Waals surface area contributed by atoms with E-state index in [4.69, 9.17) is 23.7 Å². The van der Waals surface area contributed by atoms with E-state index in [0.29, 0.717) is 33.3 Å². The average molecular weight is 727 g/mol. The van der Waals surface area contributed by atoms with Crippen LogP contribution in [-0.4, -0.2) is 106 Å². The topological polar surface area (TPSA) is 153 Å². The second-order valence-corrected chi connectivity index (χ2v) is 11.1. The summed E-state index contributed by atoms with van der Waals surface area (Å²) >= 11 is 2.00. The molecule has 13 heteroatoms. The molecule has 0 fully saturated rings. The van der Waals surface area contributed by atoms with E-state index >= 15 is 0 Å². The number of carbonyl (C=O) groups excluding carboxylic acids is 3. The van der Waals surface area contributed by atoms with Gasteiger partial charge in [0, 0.05) is 37.8 Å². The molecule has 3 rings (SSSR count). The largest absolute Gasteiger partial charge is 0.497 e. The van der Waals surface area contributed by atoms with Crippen LogP contribution < -0.4 is 24.3 Å². The molecule has 0 radical (unpaired) electrons. The number of methoxy groups -OCH3 is 4. The lowest BCUT2D eigenvalue weighted by Gasteiger charge is -2.41. The highest BCUT2D eigenvalue weighted by Crippen LogP contribution is 2.37. The summed E-state index contributed by atoms with van der Waals surface area (Å²) in [6, 6.07) is 7.64. The summed E-state index contributed by atoms with van der Waals surface area (Å²) in [6.07, 6.45) is 0.318. The fourth-order valence-electron chi connectivity index (χ4n) is 4.96. The third-order valence-corrected chi connectivity index (χ3v) is 8.01. The minimum Gasteiger partial charge on any atom is -0.497 e. The van der Waals surface area contributed by atoms with Crippen LogP contribution in [0.25, 0.3) is 0 Å². The maximum Gasteiger partial charge on any atom is 0.247 e. The fraction of sp³-hybridized carbons (Fsp3) is 0.452. The number of aliphatic hydroxyl groups excluding tert-OH is 2. The molecule has 240 valence electrons. The standard InChI is InChI=1S/C31H39IN2O10/c1-40-12-8-28(37)34(10-7-20-15-22(41-2)5-6-25(20)42-3)24-16-21(31(39)33-9-11-35)17-26(29(24)38)44-30-23(32)13-19(18-36)14-27(30)43-4/h5-6,13-15,17-18,24,26,29,35,38H,7-12,16H2,1-4H3,(H,33,39). The summed E-state index contributed by atoms with van der Waals surface area (Å²) in [5, 5.41) is 23.6. The fourth-order valence-corrected chi connectivity index (χ4v) is 5.72. The van der Waals surface area contributed by atoms with E-state index in [1.807, 2.05) is 28.7 Å². The quantitative estimate of drug-likeness (QED) is 0.173. The minimum absolute atomic E-state index is 0.0277. The predicted molar refractivity (Wildman–Crippen MR) is 170 cm³/mol. The lowest BCUT2D eigenvalue weighted by Crippen LogP contribution is -2.55.